The molecule has 0 radical (unpaired) electrons. The van der Waals surface area contributed by atoms with Crippen molar-refractivity contribution in [1.82, 2.24) is 10.3 Å². The minimum atomic E-state index is -4.40. The van der Waals surface area contributed by atoms with Crippen LogP contribution in [0.25, 0.3) is 0 Å². The van der Waals surface area contributed by atoms with Crippen molar-refractivity contribution in [2.75, 3.05) is 13.7 Å². The van der Waals surface area contributed by atoms with Gasteiger partial charge in [-0.15, -0.1) is 24.8 Å². The Hall–Kier alpha value is -0.720. The van der Waals surface area contributed by atoms with E-state index in [2.05, 4.69) is 10.3 Å². The second kappa shape index (κ2) is 9.43. The minimum absolute atomic E-state index is 0. The zero-order chi connectivity index (χ0) is 14.6. The van der Waals surface area contributed by atoms with Gasteiger partial charge in [0.15, 0.2) is 0 Å². The van der Waals surface area contributed by atoms with E-state index >= 15 is 0 Å². The van der Waals surface area contributed by atoms with Crippen LogP contribution in [0.1, 0.15) is 31.4 Å². The maximum absolute atomic E-state index is 12.4. The third-order valence-corrected chi connectivity index (χ3v) is 3.77. The van der Waals surface area contributed by atoms with Gasteiger partial charge >= 0.3 is 6.18 Å². The number of nitrogens with one attached hydrogen (secondary N) is 1. The molecule has 1 aromatic heterocycles. The summed E-state index contributed by atoms with van der Waals surface area (Å²) >= 11 is 0. The highest BCUT2D eigenvalue weighted by Crippen LogP contribution is 2.29. The van der Waals surface area contributed by atoms with Gasteiger partial charge in [0.1, 0.15) is 11.4 Å². The molecule has 0 unspecified atom stereocenters. The second-order valence-corrected chi connectivity index (χ2v) is 5.19. The van der Waals surface area contributed by atoms with E-state index in [-0.39, 0.29) is 24.8 Å². The summed E-state index contributed by atoms with van der Waals surface area (Å²) in [6.07, 6.45) is 1.15. The van der Waals surface area contributed by atoms with Gasteiger partial charge in [0.2, 0.25) is 0 Å². The first-order valence-corrected chi connectivity index (χ1v) is 6.82. The Labute approximate surface area is 140 Å². The molecule has 1 saturated carbocycles. The van der Waals surface area contributed by atoms with Crippen LogP contribution >= 0.6 is 24.8 Å². The van der Waals surface area contributed by atoms with Crippen molar-refractivity contribution >= 4 is 24.8 Å². The first kappa shape index (κ1) is 21.3. The van der Waals surface area contributed by atoms with Crippen molar-refractivity contribution in [2.24, 2.45) is 5.92 Å². The molecule has 3 nitrogen and oxygen atoms in total. The van der Waals surface area contributed by atoms with Gasteiger partial charge in [0.05, 0.1) is 12.8 Å². The Morgan fingerprint density at radius 1 is 1.18 bits per heavy atom. The number of hydrogen-bond acceptors (Lipinski definition) is 3. The molecular weight excluding hydrogens is 340 g/mol. The fourth-order valence-electron chi connectivity index (χ4n) is 2.47. The third-order valence-electron chi connectivity index (χ3n) is 3.77. The highest BCUT2D eigenvalue weighted by molar-refractivity contribution is 5.85. The number of nitrogens with zero attached hydrogens (tertiary/aromatic N) is 1. The number of ether oxygens (including phenoxy) is 1. The Morgan fingerprint density at radius 3 is 2.27 bits per heavy atom. The predicted octanol–water partition coefficient (Wildman–Crippen LogP) is 4.10. The molecule has 1 fully saturated rings. The van der Waals surface area contributed by atoms with Crippen molar-refractivity contribution in [3.63, 3.8) is 0 Å². The zero-order valence-corrected chi connectivity index (χ0v) is 13.9. The van der Waals surface area contributed by atoms with Gasteiger partial charge < -0.3 is 10.1 Å². The largest absolute Gasteiger partial charge is 0.492 e. The van der Waals surface area contributed by atoms with Crippen LogP contribution in [0, 0.1) is 5.92 Å². The van der Waals surface area contributed by atoms with Crippen molar-refractivity contribution in [3.05, 3.63) is 24.0 Å². The lowest BCUT2D eigenvalue weighted by atomic mass is 9.87. The van der Waals surface area contributed by atoms with E-state index in [1.807, 2.05) is 7.05 Å². The van der Waals surface area contributed by atoms with Crippen LogP contribution in [-0.4, -0.2) is 24.7 Å². The Bertz CT molecular complexity index is 421. The van der Waals surface area contributed by atoms with Gasteiger partial charge in [-0.2, -0.15) is 13.2 Å². The molecule has 128 valence electrons. The van der Waals surface area contributed by atoms with Gasteiger partial charge in [-0.1, -0.05) is 0 Å². The summed E-state index contributed by atoms with van der Waals surface area (Å²) in [5.41, 5.74) is -0.889. The molecule has 1 aromatic rings. The number of aromatic nitrogens is 1. The van der Waals surface area contributed by atoms with Crippen molar-refractivity contribution in [2.45, 2.75) is 37.9 Å². The molecule has 0 atom stereocenters. The highest BCUT2D eigenvalue weighted by Gasteiger charge is 2.32. The van der Waals surface area contributed by atoms with Crippen molar-refractivity contribution in [3.8, 4) is 5.75 Å². The van der Waals surface area contributed by atoms with Gasteiger partial charge in [0.25, 0.3) is 0 Å². The fraction of sp³-hybridized carbons (Fsp3) is 0.643. The van der Waals surface area contributed by atoms with Crippen LogP contribution in [0.3, 0.4) is 0 Å². The normalized spacial score (nSPS) is 21.5. The fourth-order valence-corrected chi connectivity index (χ4v) is 2.47. The maximum Gasteiger partial charge on any atom is 0.433 e. The average Bonchev–Trinajstić information content (AvgIpc) is 2.45. The first-order chi connectivity index (χ1) is 9.49. The summed E-state index contributed by atoms with van der Waals surface area (Å²) in [4.78, 5) is 3.38. The highest BCUT2D eigenvalue weighted by atomic mass is 35.5. The molecule has 1 heterocycles. The SMILES string of the molecule is CN[C@H]1CC[C@H](COc2ccc(C(F)(F)F)nc2)CC1.Cl.Cl. The smallest absolute Gasteiger partial charge is 0.433 e. The molecule has 0 aliphatic heterocycles. The molecule has 2 rings (SSSR count). The van der Waals surface area contributed by atoms with Crippen LogP contribution in [0.15, 0.2) is 18.3 Å². The summed E-state index contributed by atoms with van der Waals surface area (Å²) in [7, 11) is 1.97. The van der Waals surface area contributed by atoms with Crippen LogP contribution in [0.4, 0.5) is 13.2 Å². The quantitative estimate of drug-likeness (QED) is 0.877. The lowest BCUT2D eigenvalue weighted by Crippen LogP contribution is -2.31. The third kappa shape index (κ3) is 6.18. The van der Waals surface area contributed by atoms with Crippen LogP contribution in [0.5, 0.6) is 5.75 Å². The van der Waals surface area contributed by atoms with E-state index in [9.17, 15) is 13.2 Å². The monoisotopic (exact) mass is 360 g/mol. The maximum atomic E-state index is 12.4. The Balaban J connectivity index is 0.00000220. The number of rotatable bonds is 4. The summed E-state index contributed by atoms with van der Waals surface area (Å²) in [5, 5.41) is 3.26. The topological polar surface area (TPSA) is 34.1 Å². The summed E-state index contributed by atoms with van der Waals surface area (Å²) in [5.74, 6) is 0.871. The predicted molar refractivity (Wildman–Crippen MR) is 84.0 cm³/mol. The summed E-state index contributed by atoms with van der Waals surface area (Å²) in [6, 6.07) is 2.86. The molecule has 0 amide bonds. The molecule has 1 aliphatic carbocycles. The summed E-state index contributed by atoms with van der Waals surface area (Å²) < 4.78 is 42.6. The van der Waals surface area contributed by atoms with Crippen LogP contribution in [0.2, 0.25) is 0 Å². The Morgan fingerprint density at radius 2 is 1.82 bits per heavy atom. The van der Waals surface area contributed by atoms with Crippen molar-refractivity contribution in [1.29, 1.82) is 0 Å². The minimum Gasteiger partial charge on any atom is -0.492 e. The van der Waals surface area contributed by atoms with Gasteiger partial charge in [0, 0.05) is 6.04 Å². The van der Waals surface area contributed by atoms with Crippen LogP contribution < -0.4 is 10.1 Å². The molecule has 8 heteroatoms. The van der Waals surface area contributed by atoms with E-state index in [0.717, 1.165) is 37.9 Å². The molecule has 0 spiro atoms. The average molecular weight is 361 g/mol. The number of hydrogen-bond donors (Lipinski definition) is 1. The summed E-state index contributed by atoms with van der Waals surface area (Å²) in [6.45, 7) is 0.545. The Kier molecular flexibility index (Phi) is 9.12. The van der Waals surface area contributed by atoms with Crippen LogP contribution in [-0.2, 0) is 6.18 Å². The van der Waals surface area contributed by atoms with Gasteiger partial charge in [-0.05, 0) is 50.8 Å². The molecule has 0 saturated heterocycles. The lowest BCUT2D eigenvalue weighted by Gasteiger charge is -2.28. The molecular formula is C14H21Cl2F3N2O. The second-order valence-electron chi connectivity index (χ2n) is 5.19. The van der Waals surface area contributed by atoms with Gasteiger partial charge in [-0.3, -0.25) is 0 Å². The lowest BCUT2D eigenvalue weighted by molar-refractivity contribution is -0.141. The van der Waals surface area contributed by atoms with Crippen molar-refractivity contribution < 1.29 is 17.9 Å². The van der Waals surface area contributed by atoms with E-state index in [1.54, 1.807) is 0 Å². The number of pyridine rings is 1. The first-order valence-electron chi connectivity index (χ1n) is 6.82. The standard InChI is InChI=1S/C14H19F3N2O.2ClH/c1-18-11-4-2-10(3-5-11)9-20-12-6-7-13(19-8-12)14(15,16)17;;/h6-8,10-11,18H,2-5,9H2,1H3;2*1H/t10-,11-;;. The number of halogens is 5. The van der Waals surface area contributed by atoms with E-state index < -0.39 is 11.9 Å². The van der Waals surface area contributed by atoms with E-state index in [4.69, 9.17) is 4.74 Å². The van der Waals surface area contributed by atoms with E-state index in [1.165, 1.54) is 6.07 Å². The van der Waals surface area contributed by atoms with E-state index in [0.29, 0.717) is 24.3 Å². The number of alkyl halides is 3. The molecule has 0 bridgehead atoms. The molecule has 0 aromatic carbocycles. The van der Waals surface area contributed by atoms with Gasteiger partial charge in [-0.25, -0.2) is 4.98 Å². The molecule has 1 aliphatic rings. The molecule has 22 heavy (non-hydrogen) atoms. The zero-order valence-electron chi connectivity index (χ0n) is 12.2. The molecule has 1 N–H and O–H groups in total.